The summed E-state index contributed by atoms with van der Waals surface area (Å²) in [6, 6.07) is 3.03. The number of ketones is 2. The van der Waals surface area contributed by atoms with Gasteiger partial charge in [0.2, 0.25) is 0 Å². The normalized spacial score (nSPS) is 29.7. The quantitative estimate of drug-likeness (QED) is 0.0340. The van der Waals surface area contributed by atoms with Gasteiger partial charge in [0.1, 0.15) is 11.6 Å². The summed E-state index contributed by atoms with van der Waals surface area (Å²) < 4.78 is 35.8. The van der Waals surface area contributed by atoms with Crippen LogP contribution in [-0.2, 0) is 42.8 Å². The Morgan fingerprint density at radius 2 is 0.800 bits per heavy atom. The number of Topliss-reactive ketones (excluding diaryl/α,β-unsaturated/α-hetero) is 2. The van der Waals surface area contributed by atoms with Gasteiger partial charge >= 0.3 is 5.97 Å². The van der Waals surface area contributed by atoms with Gasteiger partial charge in [0.15, 0.2) is 0 Å². The van der Waals surface area contributed by atoms with E-state index in [1.807, 2.05) is 0 Å². The van der Waals surface area contributed by atoms with E-state index in [1.165, 1.54) is 25.7 Å². The Balaban J connectivity index is 0.791. The van der Waals surface area contributed by atoms with Crippen molar-refractivity contribution in [2.45, 2.75) is 268 Å². The highest BCUT2D eigenvalue weighted by molar-refractivity contribution is 5.83. The van der Waals surface area contributed by atoms with Crippen LogP contribution >= 0.6 is 0 Å². The van der Waals surface area contributed by atoms with Crippen molar-refractivity contribution in [2.24, 2.45) is 39.8 Å². The van der Waals surface area contributed by atoms with Gasteiger partial charge in [0.05, 0.1) is 55.1 Å². The third-order valence-corrected chi connectivity index (χ3v) is 16.6. The minimum absolute atomic E-state index is 0.0760. The summed E-state index contributed by atoms with van der Waals surface area (Å²) in [4.78, 5) is 38.9. The molecule has 5 aliphatic carbocycles. The Morgan fingerprint density at radius 1 is 0.429 bits per heavy atom. The molecule has 12 heteroatoms. The largest absolute Gasteiger partial charge is 0.465 e. The van der Waals surface area contributed by atoms with Crippen LogP contribution in [0.2, 0.25) is 0 Å². The van der Waals surface area contributed by atoms with Crippen molar-refractivity contribution >= 4 is 17.5 Å². The van der Waals surface area contributed by atoms with E-state index in [1.54, 1.807) is 14.0 Å². The molecule has 5 rings (SSSR count). The average Bonchev–Trinajstić information content (AvgIpc) is 3.39. The first-order valence-corrected chi connectivity index (χ1v) is 29.3. The second-order valence-corrected chi connectivity index (χ2v) is 22.3. The monoisotopic (exact) mass is 982 g/mol. The maximum absolute atomic E-state index is 13.4. The molecule has 0 N–H and O–H groups in total. The number of hydrogen-bond donors (Lipinski definition) is 0. The van der Waals surface area contributed by atoms with E-state index in [0.717, 1.165) is 206 Å². The van der Waals surface area contributed by atoms with Crippen molar-refractivity contribution in [1.29, 1.82) is 5.26 Å². The van der Waals surface area contributed by atoms with Gasteiger partial charge in [-0.2, -0.15) is 15.5 Å². The van der Waals surface area contributed by atoms with Crippen LogP contribution in [-0.4, -0.2) is 101 Å². The summed E-state index contributed by atoms with van der Waals surface area (Å²) in [5, 5.41) is 18.4. The van der Waals surface area contributed by atoms with E-state index in [2.05, 4.69) is 16.3 Å². The lowest BCUT2D eigenvalue weighted by molar-refractivity contribution is -0.153. The molecule has 0 bridgehead atoms. The van der Waals surface area contributed by atoms with Crippen molar-refractivity contribution < 1.29 is 42.8 Å². The number of carbonyl (C=O) groups excluding carboxylic acids is 3. The third-order valence-electron chi connectivity index (χ3n) is 16.6. The fourth-order valence-electron chi connectivity index (χ4n) is 11.9. The molecule has 3 unspecified atom stereocenters. The molecule has 0 spiro atoms. The zero-order valence-corrected chi connectivity index (χ0v) is 44.4. The van der Waals surface area contributed by atoms with E-state index < -0.39 is 0 Å². The molecule has 0 saturated heterocycles. The molecule has 0 aromatic carbocycles. The smallest absolute Gasteiger partial charge is 0.309 e. The number of carbonyl (C=O) groups is 3. The number of hydrogen-bond acceptors (Lipinski definition) is 12. The number of unbranched alkanes of at least 4 members (excludes halogenated alkanes) is 13. The minimum atomic E-state index is -0.272. The van der Waals surface area contributed by atoms with Crippen molar-refractivity contribution in [1.82, 2.24) is 0 Å². The first-order valence-electron chi connectivity index (χ1n) is 29.3. The Morgan fingerprint density at radius 3 is 1.23 bits per heavy atom. The van der Waals surface area contributed by atoms with Crippen molar-refractivity contribution in [3.63, 3.8) is 0 Å². The number of nitriles is 1. The van der Waals surface area contributed by atoms with Crippen molar-refractivity contribution in [2.75, 3.05) is 46.8 Å². The molecule has 70 heavy (non-hydrogen) atoms. The molecular weight excluding hydrogens is 883 g/mol. The molecule has 5 aliphatic rings. The minimum Gasteiger partial charge on any atom is -0.465 e. The lowest BCUT2D eigenvalue weighted by Gasteiger charge is -2.33. The highest BCUT2D eigenvalue weighted by Crippen LogP contribution is 2.36. The summed E-state index contributed by atoms with van der Waals surface area (Å²) in [5.74, 6) is 0.736. The van der Waals surface area contributed by atoms with Gasteiger partial charge in [0.25, 0.3) is 0 Å². The van der Waals surface area contributed by atoms with Gasteiger partial charge in [-0.1, -0.05) is 64.2 Å². The Kier molecular flexibility index (Phi) is 29.9. The zero-order valence-electron chi connectivity index (χ0n) is 44.4. The first-order chi connectivity index (χ1) is 34.3. The molecule has 0 amide bonds. The molecule has 0 aromatic rings. The summed E-state index contributed by atoms with van der Waals surface area (Å²) >= 11 is 0. The van der Waals surface area contributed by atoms with Gasteiger partial charge < -0.3 is 28.4 Å². The second kappa shape index (κ2) is 35.8. The zero-order chi connectivity index (χ0) is 49.4. The van der Waals surface area contributed by atoms with E-state index in [4.69, 9.17) is 33.7 Å². The summed E-state index contributed by atoms with van der Waals surface area (Å²) in [6.45, 7) is 6.06. The molecular formula is C58H99N3O9. The Hall–Kier alpha value is -2.30. The molecule has 5 fully saturated rings. The van der Waals surface area contributed by atoms with Crippen LogP contribution in [0.5, 0.6) is 0 Å². The molecule has 12 nitrogen and oxygen atoms in total. The van der Waals surface area contributed by atoms with E-state index in [9.17, 15) is 14.4 Å². The molecule has 5 saturated carbocycles. The van der Waals surface area contributed by atoms with Crippen LogP contribution in [0.1, 0.15) is 232 Å². The maximum atomic E-state index is 13.4. The molecule has 0 aliphatic heterocycles. The number of ether oxygens (including phenoxy) is 6. The standard InChI is InChI=1S/C58H99N3O9/c1-45(62)49-41-50(43-56(42-49)69-39-17-12-11-16-38-68-55-33-27-52(28-34-55)61-60-51-25-19-46(44-59)20-26-51)58(64)70-40-18-10-6-5-9-15-37-67-54-31-23-48(24-32-54)57(63)47-21-29-53(30-22-47)66-36-14-8-4-3-7-13-35-65-2/h46-56H,3-43H2,1-2H3. The lowest BCUT2D eigenvalue weighted by Crippen LogP contribution is -2.36. The summed E-state index contributed by atoms with van der Waals surface area (Å²) in [7, 11) is 1.77. The topological polar surface area (TPSA) is 155 Å². The van der Waals surface area contributed by atoms with Gasteiger partial charge in [-0.15, -0.1) is 0 Å². The van der Waals surface area contributed by atoms with Crippen LogP contribution in [0, 0.1) is 40.9 Å². The number of rotatable bonds is 35. The predicted octanol–water partition coefficient (Wildman–Crippen LogP) is 13.4. The summed E-state index contributed by atoms with van der Waals surface area (Å²) in [6.07, 6.45) is 36.9. The molecule has 0 radical (unpaired) electrons. The van der Waals surface area contributed by atoms with Crippen molar-refractivity contribution in [3.8, 4) is 6.07 Å². The predicted molar refractivity (Wildman–Crippen MR) is 275 cm³/mol. The Bertz CT molecular complexity index is 1470. The van der Waals surface area contributed by atoms with Crippen molar-refractivity contribution in [3.05, 3.63) is 0 Å². The third kappa shape index (κ3) is 23.7. The number of nitrogens with zero attached hydrogens (tertiary/aromatic N) is 3. The molecule has 400 valence electrons. The highest BCUT2D eigenvalue weighted by atomic mass is 16.5. The van der Waals surface area contributed by atoms with E-state index in [-0.39, 0.29) is 47.4 Å². The maximum Gasteiger partial charge on any atom is 0.309 e. The van der Waals surface area contributed by atoms with Gasteiger partial charge in [-0.3, -0.25) is 14.4 Å². The van der Waals surface area contributed by atoms with Crippen LogP contribution in [0.3, 0.4) is 0 Å². The van der Waals surface area contributed by atoms with Crippen LogP contribution < -0.4 is 0 Å². The van der Waals surface area contributed by atoms with Gasteiger partial charge in [0, 0.05) is 63.8 Å². The highest BCUT2D eigenvalue weighted by Gasteiger charge is 2.37. The van der Waals surface area contributed by atoms with E-state index >= 15 is 0 Å². The lowest BCUT2D eigenvalue weighted by atomic mass is 9.75. The average molecular weight is 982 g/mol. The molecule has 0 aromatic heterocycles. The number of esters is 1. The second-order valence-electron chi connectivity index (χ2n) is 22.3. The van der Waals surface area contributed by atoms with Gasteiger partial charge in [-0.05, 0) is 167 Å². The van der Waals surface area contributed by atoms with Crippen LogP contribution in [0.4, 0.5) is 0 Å². The molecule has 0 heterocycles. The fraction of sp³-hybridized carbons (Fsp3) is 0.931. The number of methoxy groups -OCH3 is 1. The first kappa shape index (κ1) is 58.6. The van der Waals surface area contributed by atoms with Gasteiger partial charge in [-0.25, -0.2) is 0 Å². The van der Waals surface area contributed by atoms with E-state index in [0.29, 0.717) is 68.7 Å². The molecule has 3 atom stereocenters. The number of azo groups is 1. The van der Waals surface area contributed by atoms with Crippen LogP contribution in [0.15, 0.2) is 10.2 Å². The Labute approximate surface area is 425 Å². The fourth-order valence-corrected chi connectivity index (χ4v) is 11.9. The SMILES string of the molecule is COCCCCCCCCOC1CCC(C(=O)C2CCC(OCCCCCCCCOC(=O)C3CC(OCCCCCCOC4CCC(N=NC5CCC(C#N)CC5)CC4)CC(C(C)=O)C3)CC2)CC1. The van der Waals surface area contributed by atoms with Crippen LogP contribution in [0.25, 0.3) is 0 Å². The summed E-state index contributed by atoms with van der Waals surface area (Å²) in [5.41, 5.74) is 0.